The highest BCUT2D eigenvalue weighted by atomic mass is 16.9. The number of alkyl carbamates (subject to hydrolysis) is 1. The van der Waals surface area contributed by atoms with Gasteiger partial charge in [-0.15, -0.1) is 10.1 Å². The molecule has 0 aliphatic heterocycles. The zero-order valence-electron chi connectivity index (χ0n) is 18.4. The zero-order chi connectivity index (χ0) is 23.7. The van der Waals surface area contributed by atoms with Crippen molar-refractivity contribution in [1.29, 1.82) is 0 Å². The molecule has 0 spiro atoms. The predicted octanol–water partition coefficient (Wildman–Crippen LogP) is 1.99. The van der Waals surface area contributed by atoms with E-state index in [4.69, 9.17) is 23.7 Å². The summed E-state index contributed by atoms with van der Waals surface area (Å²) in [4.78, 5) is 50.0. The second-order valence-electron chi connectivity index (χ2n) is 7.15. The van der Waals surface area contributed by atoms with Gasteiger partial charge in [0.1, 0.15) is 18.8 Å². The van der Waals surface area contributed by atoms with Gasteiger partial charge in [0.25, 0.3) is 5.09 Å². The summed E-state index contributed by atoms with van der Waals surface area (Å²) in [6.07, 6.45) is -0.548. The summed E-state index contributed by atoms with van der Waals surface area (Å²) < 4.78 is 24.9. The van der Waals surface area contributed by atoms with Crippen LogP contribution in [-0.4, -0.2) is 74.6 Å². The maximum Gasteiger partial charge on any atom is 0.508 e. The molecule has 0 rings (SSSR count). The number of amides is 1. The summed E-state index contributed by atoms with van der Waals surface area (Å²) >= 11 is 0. The number of ether oxygens (including phenoxy) is 5. The number of unbranched alkanes of at least 4 members (excludes halogenated alkanes) is 1. The van der Waals surface area contributed by atoms with Gasteiger partial charge in [-0.3, -0.25) is 0 Å². The minimum atomic E-state index is -1.34. The maximum absolute atomic E-state index is 12.2. The first-order chi connectivity index (χ1) is 14.5. The van der Waals surface area contributed by atoms with Crippen LogP contribution in [0.5, 0.6) is 0 Å². The van der Waals surface area contributed by atoms with Crippen molar-refractivity contribution in [2.45, 2.75) is 58.6 Å². The third kappa shape index (κ3) is 17.7. The fraction of sp³-hybridized carbons (Fsp3) is 0.833. The highest BCUT2D eigenvalue weighted by Crippen LogP contribution is 2.07. The van der Waals surface area contributed by atoms with Gasteiger partial charge < -0.3 is 33.8 Å². The molecule has 0 aromatic carbocycles. The predicted molar refractivity (Wildman–Crippen MR) is 105 cm³/mol. The highest BCUT2D eigenvalue weighted by molar-refractivity contribution is 5.81. The molecule has 1 atom stereocenters. The number of rotatable bonds is 15. The van der Waals surface area contributed by atoms with E-state index in [1.165, 1.54) is 0 Å². The topological polar surface area (TPSA) is 162 Å². The second-order valence-corrected chi connectivity index (χ2v) is 7.15. The number of esters is 1. The van der Waals surface area contributed by atoms with Crippen molar-refractivity contribution in [3.63, 3.8) is 0 Å². The largest absolute Gasteiger partial charge is 0.508 e. The molecule has 0 heterocycles. The summed E-state index contributed by atoms with van der Waals surface area (Å²) in [5, 5.41) is 11.4. The van der Waals surface area contributed by atoms with E-state index in [9.17, 15) is 24.5 Å². The number of nitrogens with zero attached hydrogens (tertiary/aromatic N) is 1. The van der Waals surface area contributed by atoms with E-state index in [2.05, 4.69) is 10.2 Å². The minimum absolute atomic E-state index is 0.0281. The molecule has 13 nitrogen and oxygen atoms in total. The summed E-state index contributed by atoms with van der Waals surface area (Å²) in [5.74, 6) is -0.875. The van der Waals surface area contributed by atoms with Gasteiger partial charge in [0.2, 0.25) is 0 Å². The first-order valence-corrected chi connectivity index (χ1v) is 9.86. The summed E-state index contributed by atoms with van der Waals surface area (Å²) in [7, 11) is 0. The first kappa shape index (κ1) is 28.2. The smallest absolute Gasteiger partial charge is 0.464 e. The number of hydrogen-bond donors (Lipinski definition) is 1. The van der Waals surface area contributed by atoms with Crippen LogP contribution in [0, 0.1) is 10.1 Å². The van der Waals surface area contributed by atoms with Crippen molar-refractivity contribution in [2.75, 3.05) is 39.6 Å². The quantitative estimate of drug-likeness (QED) is 0.127. The fourth-order valence-electron chi connectivity index (χ4n) is 1.86. The SMILES string of the molecule is CCCOCCOC(=O)OCC(NC(=O)OC(C)(C)C)C(=O)OCCCCO[N+](=O)[O-]. The molecule has 0 aliphatic rings. The molecule has 31 heavy (non-hydrogen) atoms. The van der Waals surface area contributed by atoms with Crippen molar-refractivity contribution in [3.05, 3.63) is 10.1 Å². The zero-order valence-corrected chi connectivity index (χ0v) is 18.4. The lowest BCUT2D eigenvalue weighted by Crippen LogP contribution is -2.47. The fourth-order valence-corrected chi connectivity index (χ4v) is 1.86. The summed E-state index contributed by atoms with van der Waals surface area (Å²) in [5.41, 5.74) is -0.812. The lowest BCUT2D eigenvalue weighted by atomic mass is 10.2. The normalized spacial score (nSPS) is 11.7. The Kier molecular flexibility index (Phi) is 14.5. The average Bonchev–Trinajstić information content (AvgIpc) is 2.65. The summed E-state index contributed by atoms with van der Waals surface area (Å²) in [6.45, 7) is 6.80. The van der Waals surface area contributed by atoms with Gasteiger partial charge in [-0.2, -0.15) is 0 Å². The van der Waals surface area contributed by atoms with Crippen LogP contribution in [0.25, 0.3) is 0 Å². The number of carbonyl (C=O) groups is 3. The molecule has 0 aliphatic carbocycles. The van der Waals surface area contributed by atoms with Crippen molar-refractivity contribution < 1.29 is 48.0 Å². The van der Waals surface area contributed by atoms with Gasteiger partial charge in [0, 0.05) is 6.61 Å². The second kappa shape index (κ2) is 15.9. The molecular formula is C18H32N2O11. The van der Waals surface area contributed by atoms with Gasteiger partial charge >= 0.3 is 18.2 Å². The number of carbonyl (C=O) groups excluding carboxylic acids is 3. The lowest BCUT2D eigenvalue weighted by molar-refractivity contribution is -0.757. The first-order valence-electron chi connectivity index (χ1n) is 9.86. The van der Waals surface area contributed by atoms with Crippen molar-refractivity contribution >= 4 is 18.2 Å². The molecule has 0 fully saturated rings. The van der Waals surface area contributed by atoms with Gasteiger partial charge in [-0.05, 0) is 40.0 Å². The molecule has 1 amide bonds. The molecule has 0 radical (unpaired) electrons. The van der Waals surface area contributed by atoms with E-state index in [1.807, 2.05) is 6.92 Å². The van der Waals surface area contributed by atoms with Crippen LogP contribution in [0.1, 0.15) is 47.0 Å². The lowest BCUT2D eigenvalue weighted by Gasteiger charge is -2.22. The van der Waals surface area contributed by atoms with Crippen LogP contribution in [0.3, 0.4) is 0 Å². The Bertz CT molecular complexity index is 563. The Hall–Kier alpha value is -2.83. The van der Waals surface area contributed by atoms with Crippen LogP contribution >= 0.6 is 0 Å². The molecule has 0 aromatic heterocycles. The number of hydrogen-bond acceptors (Lipinski definition) is 11. The Morgan fingerprint density at radius 2 is 1.65 bits per heavy atom. The van der Waals surface area contributed by atoms with E-state index in [0.29, 0.717) is 13.0 Å². The van der Waals surface area contributed by atoms with E-state index in [-0.39, 0.29) is 32.8 Å². The van der Waals surface area contributed by atoms with Crippen LogP contribution in [-0.2, 0) is 33.3 Å². The van der Waals surface area contributed by atoms with Crippen LogP contribution in [0.2, 0.25) is 0 Å². The molecule has 1 N–H and O–H groups in total. The van der Waals surface area contributed by atoms with E-state index in [0.717, 1.165) is 6.42 Å². The Labute approximate surface area is 180 Å². The Balaban J connectivity index is 4.52. The van der Waals surface area contributed by atoms with Crippen LogP contribution in [0.4, 0.5) is 9.59 Å². The van der Waals surface area contributed by atoms with Gasteiger partial charge in [0.05, 0.1) is 19.8 Å². The monoisotopic (exact) mass is 452 g/mol. The van der Waals surface area contributed by atoms with Crippen molar-refractivity contribution in [2.24, 2.45) is 0 Å². The van der Waals surface area contributed by atoms with Gasteiger partial charge in [0.15, 0.2) is 6.04 Å². The van der Waals surface area contributed by atoms with Crippen LogP contribution in [0.15, 0.2) is 0 Å². The Morgan fingerprint density at radius 3 is 2.26 bits per heavy atom. The molecule has 0 saturated carbocycles. The highest BCUT2D eigenvalue weighted by Gasteiger charge is 2.27. The average molecular weight is 452 g/mol. The van der Waals surface area contributed by atoms with Crippen molar-refractivity contribution in [3.8, 4) is 0 Å². The molecule has 0 bridgehead atoms. The standard InChI is InChI=1S/C18H32N2O11/c1-5-8-26-11-12-28-17(23)29-13-14(19-16(22)31-18(2,3)4)15(21)27-9-6-7-10-30-20(24)25/h14H,5-13H2,1-4H3,(H,19,22). The van der Waals surface area contributed by atoms with Gasteiger partial charge in [-0.25, -0.2) is 14.4 Å². The van der Waals surface area contributed by atoms with E-state index in [1.54, 1.807) is 20.8 Å². The third-order valence-electron chi connectivity index (χ3n) is 3.12. The summed E-state index contributed by atoms with van der Waals surface area (Å²) in [6, 6.07) is -1.34. The number of nitrogens with one attached hydrogen (secondary N) is 1. The Morgan fingerprint density at radius 1 is 0.968 bits per heavy atom. The molecule has 13 heteroatoms. The van der Waals surface area contributed by atoms with Gasteiger partial charge in [-0.1, -0.05) is 6.92 Å². The molecular weight excluding hydrogens is 420 g/mol. The van der Waals surface area contributed by atoms with Crippen LogP contribution < -0.4 is 5.32 Å². The minimum Gasteiger partial charge on any atom is -0.464 e. The molecule has 180 valence electrons. The molecule has 0 aromatic rings. The van der Waals surface area contributed by atoms with E-state index < -0.39 is 41.6 Å². The van der Waals surface area contributed by atoms with E-state index >= 15 is 0 Å². The third-order valence-corrected chi connectivity index (χ3v) is 3.12. The van der Waals surface area contributed by atoms with Crippen molar-refractivity contribution in [1.82, 2.24) is 5.32 Å². The molecule has 1 unspecified atom stereocenters. The molecule has 0 saturated heterocycles. The maximum atomic E-state index is 12.2.